The molecule has 1 aromatic carbocycles. The number of cyclic esters (lactones) is 1. The van der Waals surface area contributed by atoms with Gasteiger partial charge in [-0.2, -0.15) is 0 Å². The summed E-state index contributed by atoms with van der Waals surface area (Å²) in [5.74, 6) is 0.128. The van der Waals surface area contributed by atoms with Crippen LogP contribution in [0.15, 0.2) is 24.3 Å². The van der Waals surface area contributed by atoms with Gasteiger partial charge < -0.3 is 4.74 Å². The molecule has 1 fully saturated rings. The van der Waals surface area contributed by atoms with Crippen LogP contribution in [0.25, 0.3) is 0 Å². The maximum atomic E-state index is 11.4. The minimum atomic E-state index is -0.0718. The summed E-state index contributed by atoms with van der Waals surface area (Å²) in [5.41, 5.74) is 1.14. The molecule has 15 heavy (non-hydrogen) atoms. The smallest absolute Gasteiger partial charge is 0.309 e. The minimum Gasteiger partial charge on any atom is -0.465 e. The standard InChI is InChI=1S/C12H13ClO2/c1-2-10-11(7-15-12(10)14)8-3-5-9(13)6-4-8/h3-6,10-11H,2,7H2,1H3/t10-,11-/m1/s1. The van der Waals surface area contributed by atoms with E-state index in [4.69, 9.17) is 16.3 Å². The van der Waals surface area contributed by atoms with Crippen molar-refractivity contribution in [3.8, 4) is 0 Å². The molecule has 0 N–H and O–H groups in total. The SMILES string of the molecule is CC[C@H]1C(=O)OC[C@@H]1c1ccc(Cl)cc1. The van der Waals surface area contributed by atoms with Crippen LogP contribution in [-0.2, 0) is 9.53 Å². The molecule has 0 aliphatic carbocycles. The van der Waals surface area contributed by atoms with Gasteiger partial charge in [0.25, 0.3) is 0 Å². The molecule has 1 saturated heterocycles. The molecule has 1 aromatic rings. The van der Waals surface area contributed by atoms with Crippen LogP contribution >= 0.6 is 11.6 Å². The fourth-order valence-corrected chi connectivity index (χ4v) is 2.18. The van der Waals surface area contributed by atoms with Crippen molar-refractivity contribution in [3.63, 3.8) is 0 Å². The van der Waals surface area contributed by atoms with E-state index in [9.17, 15) is 4.79 Å². The summed E-state index contributed by atoms with van der Waals surface area (Å²) in [6, 6.07) is 7.65. The van der Waals surface area contributed by atoms with Gasteiger partial charge >= 0.3 is 5.97 Å². The molecule has 1 aliphatic heterocycles. The average molecular weight is 225 g/mol. The summed E-state index contributed by atoms with van der Waals surface area (Å²) in [7, 11) is 0. The Morgan fingerprint density at radius 2 is 2.07 bits per heavy atom. The minimum absolute atomic E-state index is 0.00572. The molecule has 0 spiro atoms. The van der Waals surface area contributed by atoms with E-state index < -0.39 is 0 Å². The van der Waals surface area contributed by atoms with Crippen molar-refractivity contribution in [1.82, 2.24) is 0 Å². The number of carbonyl (C=O) groups is 1. The lowest BCUT2D eigenvalue weighted by Crippen LogP contribution is -2.13. The van der Waals surface area contributed by atoms with E-state index in [1.54, 1.807) is 0 Å². The first kappa shape index (κ1) is 10.5. The molecule has 0 bridgehead atoms. The lowest BCUT2D eigenvalue weighted by atomic mass is 9.87. The number of carbonyl (C=O) groups excluding carboxylic acids is 1. The second kappa shape index (κ2) is 4.23. The zero-order valence-electron chi connectivity index (χ0n) is 8.57. The van der Waals surface area contributed by atoms with Crippen LogP contribution in [0.4, 0.5) is 0 Å². The van der Waals surface area contributed by atoms with E-state index >= 15 is 0 Å². The van der Waals surface area contributed by atoms with Gasteiger partial charge in [-0.15, -0.1) is 0 Å². The van der Waals surface area contributed by atoms with E-state index in [0.717, 1.165) is 17.0 Å². The Morgan fingerprint density at radius 1 is 1.40 bits per heavy atom. The van der Waals surface area contributed by atoms with Crippen LogP contribution in [0, 0.1) is 5.92 Å². The monoisotopic (exact) mass is 224 g/mol. The molecule has 0 saturated carbocycles. The maximum Gasteiger partial charge on any atom is 0.309 e. The fourth-order valence-electron chi connectivity index (χ4n) is 2.05. The number of hydrogen-bond acceptors (Lipinski definition) is 2. The molecule has 0 aromatic heterocycles. The van der Waals surface area contributed by atoms with Crippen molar-refractivity contribution in [2.75, 3.05) is 6.61 Å². The van der Waals surface area contributed by atoms with Crippen LogP contribution < -0.4 is 0 Å². The molecule has 0 unspecified atom stereocenters. The maximum absolute atomic E-state index is 11.4. The number of benzene rings is 1. The Balaban J connectivity index is 2.23. The summed E-state index contributed by atoms with van der Waals surface area (Å²) in [6.45, 7) is 2.51. The Hall–Kier alpha value is -1.02. The molecular weight excluding hydrogens is 212 g/mol. The van der Waals surface area contributed by atoms with Gasteiger partial charge in [-0.05, 0) is 24.1 Å². The van der Waals surface area contributed by atoms with E-state index in [2.05, 4.69) is 0 Å². The Kier molecular flexibility index (Phi) is 2.96. The zero-order chi connectivity index (χ0) is 10.8. The fraction of sp³-hybridized carbons (Fsp3) is 0.417. The first-order chi connectivity index (χ1) is 7.22. The predicted octanol–water partition coefficient (Wildman–Crippen LogP) is 3.01. The van der Waals surface area contributed by atoms with Crippen molar-refractivity contribution in [3.05, 3.63) is 34.9 Å². The Morgan fingerprint density at radius 3 is 2.67 bits per heavy atom. The molecular formula is C12H13ClO2. The highest BCUT2D eigenvalue weighted by Crippen LogP contribution is 2.34. The molecule has 1 heterocycles. The van der Waals surface area contributed by atoms with Gasteiger partial charge in [-0.1, -0.05) is 30.7 Å². The highest BCUT2D eigenvalue weighted by molar-refractivity contribution is 6.30. The van der Waals surface area contributed by atoms with Crippen LogP contribution in [0.1, 0.15) is 24.8 Å². The summed E-state index contributed by atoms with van der Waals surface area (Å²) in [4.78, 5) is 11.4. The summed E-state index contributed by atoms with van der Waals surface area (Å²) >= 11 is 5.82. The highest BCUT2D eigenvalue weighted by Gasteiger charge is 2.36. The third-order valence-electron chi connectivity index (χ3n) is 2.93. The third-order valence-corrected chi connectivity index (χ3v) is 3.18. The number of esters is 1. The van der Waals surface area contributed by atoms with Crippen LogP contribution in [-0.4, -0.2) is 12.6 Å². The molecule has 0 amide bonds. The number of halogens is 1. The van der Waals surface area contributed by atoms with E-state index in [-0.39, 0.29) is 17.8 Å². The molecule has 1 aliphatic rings. The van der Waals surface area contributed by atoms with Gasteiger partial charge in [-0.25, -0.2) is 0 Å². The second-order valence-electron chi connectivity index (χ2n) is 3.80. The van der Waals surface area contributed by atoms with Crippen LogP contribution in [0.5, 0.6) is 0 Å². The molecule has 0 radical (unpaired) electrons. The highest BCUT2D eigenvalue weighted by atomic mass is 35.5. The first-order valence-corrected chi connectivity index (χ1v) is 5.52. The van der Waals surface area contributed by atoms with Gasteiger partial charge in [0.1, 0.15) is 0 Å². The average Bonchev–Trinajstić information content (AvgIpc) is 2.61. The van der Waals surface area contributed by atoms with Crippen LogP contribution in [0.2, 0.25) is 5.02 Å². The van der Waals surface area contributed by atoms with E-state index in [1.807, 2.05) is 31.2 Å². The summed E-state index contributed by atoms with van der Waals surface area (Å²) < 4.78 is 5.08. The van der Waals surface area contributed by atoms with Crippen LogP contribution in [0.3, 0.4) is 0 Å². The van der Waals surface area contributed by atoms with Crippen molar-refractivity contribution >= 4 is 17.6 Å². The van der Waals surface area contributed by atoms with Crippen molar-refractivity contribution < 1.29 is 9.53 Å². The summed E-state index contributed by atoms with van der Waals surface area (Å²) in [6.07, 6.45) is 0.826. The van der Waals surface area contributed by atoms with Gasteiger partial charge in [-0.3, -0.25) is 4.79 Å². The molecule has 2 rings (SSSR count). The van der Waals surface area contributed by atoms with Crippen molar-refractivity contribution in [1.29, 1.82) is 0 Å². The number of ether oxygens (including phenoxy) is 1. The Labute approximate surface area is 94.2 Å². The van der Waals surface area contributed by atoms with E-state index in [1.165, 1.54) is 0 Å². The topological polar surface area (TPSA) is 26.3 Å². The van der Waals surface area contributed by atoms with Gasteiger partial charge in [0.2, 0.25) is 0 Å². The molecule has 80 valence electrons. The number of hydrogen-bond donors (Lipinski definition) is 0. The Bertz CT molecular complexity index is 358. The van der Waals surface area contributed by atoms with Gasteiger partial charge in [0.15, 0.2) is 0 Å². The normalized spacial score (nSPS) is 25.3. The first-order valence-electron chi connectivity index (χ1n) is 5.14. The quantitative estimate of drug-likeness (QED) is 0.722. The third kappa shape index (κ3) is 2.00. The number of rotatable bonds is 2. The lowest BCUT2D eigenvalue weighted by molar-refractivity contribution is -0.141. The van der Waals surface area contributed by atoms with E-state index in [0.29, 0.717) is 6.61 Å². The lowest BCUT2D eigenvalue weighted by Gasteiger charge is -2.13. The van der Waals surface area contributed by atoms with Gasteiger partial charge in [0.05, 0.1) is 12.5 Å². The van der Waals surface area contributed by atoms with Gasteiger partial charge in [0, 0.05) is 10.9 Å². The summed E-state index contributed by atoms with van der Waals surface area (Å²) in [5, 5.41) is 0.719. The molecule has 3 heteroatoms. The predicted molar refractivity (Wildman–Crippen MR) is 58.9 cm³/mol. The molecule has 2 atom stereocenters. The molecule has 2 nitrogen and oxygen atoms in total. The van der Waals surface area contributed by atoms with Crippen molar-refractivity contribution in [2.45, 2.75) is 19.3 Å². The second-order valence-corrected chi connectivity index (χ2v) is 4.24. The van der Waals surface area contributed by atoms with Crippen molar-refractivity contribution in [2.24, 2.45) is 5.92 Å². The largest absolute Gasteiger partial charge is 0.465 e. The zero-order valence-corrected chi connectivity index (χ0v) is 9.33.